The van der Waals surface area contributed by atoms with Gasteiger partial charge in [0.05, 0.1) is 13.1 Å². The van der Waals surface area contributed by atoms with E-state index < -0.39 is 24.0 Å². The van der Waals surface area contributed by atoms with Gasteiger partial charge in [0.15, 0.2) is 0 Å². The van der Waals surface area contributed by atoms with Crippen molar-refractivity contribution in [2.45, 2.75) is 32.0 Å². The molecule has 1 fully saturated rings. The van der Waals surface area contributed by atoms with Gasteiger partial charge in [-0.1, -0.05) is 36.4 Å². The second-order valence-electron chi connectivity index (χ2n) is 10.5. The molecule has 11 heteroatoms. The third-order valence-corrected chi connectivity index (χ3v) is 8.23. The number of aryl methyl sites for hydroxylation is 1. The van der Waals surface area contributed by atoms with Crippen LogP contribution in [0.25, 0.3) is 0 Å². The minimum absolute atomic E-state index is 0.0866. The third kappa shape index (κ3) is 7.24. The van der Waals surface area contributed by atoms with Gasteiger partial charge in [-0.2, -0.15) is 0 Å². The Hall–Kier alpha value is -5.16. The Morgan fingerprint density at radius 2 is 1.64 bits per heavy atom. The Kier molecular flexibility index (Phi) is 9.25. The van der Waals surface area contributed by atoms with E-state index >= 15 is 0 Å². The number of ether oxygens (including phenoxy) is 2. The van der Waals surface area contributed by atoms with E-state index in [1.54, 1.807) is 35.7 Å². The van der Waals surface area contributed by atoms with Crippen LogP contribution in [0.4, 0.5) is 0 Å². The monoisotopic (exact) mass is 611 g/mol. The van der Waals surface area contributed by atoms with Crippen LogP contribution in [0.3, 0.4) is 0 Å². The molecule has 0 spiro atoms. The molecule has 1 saturated heterocycles. The zero-order chi connectivity index (χ0) is 31.2. The number of carbonyl (C=O) groups excluding carboxylic acids is 3. The van der Waals surface area contributed by atoms with Crippen molar-refractivity contribution in [2.75, 3.05) is 13.1 Å². The summed E-state index contributed by atoms with van der Waals surface area (Å²) in [5.41, 5.74) is 13.2. The molecule has 2 heterocycles. The lowest BCUT2D eigenvalue weighted by Gasteiger charge is -2.27. The van der Waals surface area contributed by atoms with Crippen LogP contribution >= 0.6 is 11.3 Å². The number of benzene rings is 3. The summed E-state index contributed by atoms with van der Waals surface area (Å²) >= 11 is 1.34. The van der Waals surface area contributed by atoms with Crippen LogP contribution in [-0.2, 0) is 16.1 Å². The summed E-state index contributed by atoms with van der Waals surface area (Å²) in [5.74, 6) is 0.362. The molecule has 44 heavy (non-hydrogen) atoms. The number of amides is 3. The number of thiophene rings is 1. The predicted molar refractivity (Wildman–Crippen MR) is 168 cm³/mol. The van der Waals surface area contributed by atoms with E-state index in [0.717, 1.165) is 10.4 Å². The summed E-state index contributed by atoms with van der Waals surface area (Å²) in [6, 6.07) is 24.3. The first kappa shape index (κ1) is 30.3. The average molecular weight is 612 g/mol. The van der Waals surface area contributed by atoms with Crippen molar-refractivity contribution in [1.82, 2.24) is 9.80 Å². The smallest absolute Gasteiger partial charge is 0.254 e. The number of likely N-dealkylation sites (tertiary alicyclic amines) is 1. The van der Waals surface area contributed by atoms with Gasteiger partial charge in [-0.3, -0.25) is 19.8 Å². The molecule has 0 aliphatic carbocycles. The van der Waals surface area contributed by atoms with Crippen LogP contribution in [-0.4, -0.2) is 58.6 Å². The maximum Gasteiger partial charge on any atom is 0.254 e. The molecule has 0 unspecified atom stereocenters. The number of amidine groups is 1. The summed E-state index contributed by atoms with van der Waals surface area (Å²) in [7, 11) is 0. The Labute approximate surface area is 259 Å². The Morgan fingerprint density at radius 3 is 2.30 bits per heavy atom. The number of primary amides is 1. The quantitative estimate of drug-likeness (QED) is 0.170. The number of nitrogens with zero attached hydrogens (tertiary/aromatic N) is 2. The largest absolute Gasteiger partial charge is 0.488 e. The molecule has 1 aromatic heterocycles. The van der Waals surface area contributed by atoms with Crippen LogP contribution in [0.5, 0.6) is 17.2 Å². The molecule has 0 radical (unpaired) electrons. The number of para-hydroxylation sites is 2. The Morgan fingerprint density at radius 1 is 0.955 bits per heavy atom. The first-order valence-electron chi connectivity index (χ1n) is 14.0. The number of rotatable bonds is 11. The molecule has 2 atom stereocenters. The summed E-state index contributed by atoms with van der Waals surface area (Å²) < 4.78 is 12.0. The standard InChI is InChI=1S/C33H33N5O5S/c1-21-7-5-6-10-29(21)43-26-16-28(32(36)40)38(17-26)30(39)19-37(18-27-15-23(20-44-27)31(34)35)33(41)22-11-13-25(14-12-22)42-24-8-3-2-4-9-24/h2-15,20,26,28H,16-19H2,1H3,(H3,34,35)(H2,36,40)/t26-,28-/m0/s1. The molecule has 3 amide bonds. The van der Waals surface area contributed by atoms with Crippen molar-refractivity contribution in [3.8, 4) is 17.2 Å². The molecule has 10 nitrogen and oxygen atoms in total. The van der Waals surface area contributed by atoms with Crippen molar-refractivity contribution in [1.29, 1.82) is 5.41 Å². The van der Waals surface area contributed by atoms with Gasteiger partial charge < -0.3 is 30.7 Å². The molecule has 3 aromatic carbocycles. The maximum absolute atomic E-state index is 13.8. The van der Waals surface area contributed by atoms with Crippen molar-refractivity contribution in [2.24, 2.45) is 11.5 Å². The van der Waals surface area contributed by atoms with E-state index in [1.807, 2.05) is 61.5 Å². The van der Waals surface area contributed by atoms with Crippen LogP contribution in [0.2, 0.25) is 0 Å². The fourth-order valence-electron chi connectivity index (χ4n) is 5.02. The third-order valence-electron chi connectivity index (χ3n) is 7.30. The molecular weight excluding hydrogens is 578 g/mol. The lowest BCUT2D eigenvalue weighted by atomic mass is 10.1. The first-order valence-corrected chi connectivity index (χ1v) is 14.9. The van der Waals surface area contributed by atoms with Gasteiger partial charge in [-0.15, -0.1) is 11.3 Å². The van der Waals surface area contributed by atoms with Gasteiger partial charge in [0.1, 0.15) is 41.8 Å². The minimum Gasteiger partial charge on any atom is -0.488 e. The fourth-order valence-corrected chi connectivity index (χ4v) is 5.91. The number of hydrogen-bond acceptors (Lipinski definition) is 7. The average Bonchev–Trinajstić information content (AvgIpc) is 3.66. The highest BCUT2D eigenvalue weighted by Gasteiger charge is 2.40. The van der Waals surface area contributed by atoms with Gasteiger partial charge in [0, 0.05) is 27.8 Å². The number of carbonyl (C=O) groups is 3. The van der Waals surface area contributed by atoms with Gasteiger partial charge in [0.25, 0.3) is 5.91 Å². The van der Waals surface area contributed by atoms with Crippen LogP contribution in [0.1, 0.15) is 32.8 Å². The molecule has 4 aromatic rings. The van der Waals surface area contributed by atoms with Crippen molar-refractivity contribution in [3.63, 3.8) is 0 Å². The number of hydrogen-bond donors (Lipinski definition) is 3. The van der Waals surface area contributed by atoms with Crippen LogP contribution < -0.4 is 20.9 Å². The minimum atomic E-state index is -0.867. The zero-order valence-electron chi connectivity index (χ0n) is 24.1. The van der Waals surface area contributed by atoms with Crippen molar-refractivity contribution < 1.29 is 23.9 Å². The fraction of sp³-hybridized carbons (Fsp3) is 0.212. The van der Waals surface area contributed by atoms with Gasteiger partial charge in [-0.05, 0) is 61.0 Å². The lowest BCUT2D eigenvalue weighted by Crippen LogP contribution is -2.48. The highest BCUT2D eigenvalue weighted by atomic mass is 32.1. The van der Waals surface area contributed by atoms with E-state index in [1.165, 1.54) is 21.1 Å². The number of nitrogens with two attached hydrogens (primary N) is 2. The molecule has 1 aliphatic rings. The summed E-state index contributed by atoms with van der Waals surface area (Å²) in [4.78, 5) is 43.5. The van der Waals surface area contributed by atoms with E-state index in [2.05, 4.69) is 0 Å². The van der Waals surface area contributed by atoms with Crippen molar-refractivity contribution in [3.05, 3.63) is 112 Å². The van der Waals surface area contributed by atoms with E-state index in [4.69, 9.17) is 26.4 Å². The molecule has 0 saturated carbocycles. The molecule has 1 aliphatic heterocycles. The normalized spacial score (nSPS) is 15.9. The van der Waals surface area contributed by atoms with Crippen LogP contribution in [0.15, 0.2) is 90.3 Å². The first-order chi connectivity index (χ1) is 21.2. The zero-order valence-corrected chi connectivity index (χ0v) is 25.0. The summed E-state index contributed by atoms with van der Waals surface area (Å²) in [6.07, 6.45) is -0.187. The molecule has 5 N–H and O–H groups in total. The van der Waals surface area contributed by atoms with Crippen molar-refractivity contribution >= 4 is 34.9 Å². The van der Waals surface area contributed by atoms with Gasteiger partial charge in [0.2, 0.25) is 11.8 Å². The number of nitrogens with one attached hydrogen (secondary N) is 1. The van der Waals surface area contributed by atoms with Crippen LogP contribution in [0, 0.1) is 12.3 Å². The highest BCUT2D eigenvalue weighted by molar-refractivity contribution is 7.10. The van der Waals surface area contributed by atoms with E-state index in [9.17, 15) is 14.4 Å². The highest BCUT2D eigenvalue weighted by Crippen LogP contribution is 2.27. The predicted octanol–water partition coefficient (Wildman–Crippen LogP) is 4.31. The SMILES string of the molecule is Cc1ccccc1O[C@H]1C[C@@H](C(N)=O)N(C(=O)CN(Cc2cc(C(=N)N)cs2)C(=O)c2ccc(Oc3ccccc3)cc2)C1. The van der Waals surface area contributed by atoms with E-state index in [-0.39, 0.29) is 37.8 Å². The second-order valence-corrected chi connectivity index (χ2v) is 11.5. The number of nitrogen functional groups attached to an aromatic ring is 1. The maximum atomic E-state index is 13.8. The summed E-state index contributed by atoms with van der Waals surface area (Å²) in [6.45, 7) is 1.88. The molecular formula is C33H33N5O5S. The van der Waals surface area contributed by atoms with Gasteiger partial charge >= 0.3 is 0 Å². The molecule has 5 rings (SSSR count). The van der Waals surface area contributed by atoms with Gasteiger partial charge in [-0.25, -0.2) is 0 Å². The lowest BCUT2D eigenvalue weighted by molar-refractivity contribution is -0.137. The summed E-state index contributed by atoms with van der Waals surface area (Å²) in [5, 5.41) is 9.46. The Bertz CT molecular complexity index is 1660. The topological polar surface area (TPSA) is 152 Å². The molecule has 226 valence electrons. The molecule has 0 bridgehead atoms. The second kappa shape index (κ2) is 13.4. The Balaban J connectivity index is 1.35. The van der Waals surface area contributed by atoms with E-state index in [0.29, 0.717) is 28.4 Å².